The summed E-state index contributed by atoms with van der Waals surface area (Å²) < 4.78 is 0. The highest BCUT2D eigenvalue weighted by Crippen LogP contribution is 2.33. The molecule has 0 bridgehead atoms. The first-order chi connectivity index (χ1) is 15.4. The Labute approximate surface area is 202 Å². The van der Waals surface area contributed by atoms with E-state index in [2.05, 4.69) is 29.1 Å². The molecule has 1 rings (SSSR count). The lowest BCUT2D eigenvalue weighted by Gasteiger charge is -2.27. The molecule has 0 atom stereocenters. The molecule has 1 aromatic carbocycles. The fraction of sp³-hybridized carbons (Fsp3) is 0.192. The molecule has 168 valence electrons. The molecule has 32 heavy (non-hydrogen) atoms. The lowest BCUT2D eigenvalue weighted by molar-refractivity contribution is 0.916. The third-order valence-corrected chi connectivity index (χ3v) is 4.91. The maximum absolute atomic E-state index is 9.13. The highest BCUT2D eigenvalue weighted by Gasteiger charge is 2.14. The maximum atomic E-state index is 9.13. The van der Waals surface area contributed by atoms with Gasteiger partial charge in [0.2, 0.25) is 0 Å². The van der Waals surface area contributed by atoms with E-state index in [0.717, 1.165) is 16.8 Å². The molecule has 0 fully saturated rings. The van der Waals surface area contributed by atoms with E-state index in [1.165, 1.54) is 6.08 Å². The summed E-state index contributed by atoms with van der Waals surface area (Å²) >= 11 is 13.1. The van der Waals surface area contributed by atoms with Crippen LogP contribution in [0.1, 0.15) is 26.3 Å². The maximum Gasteiger partial charge on any atom is 0.128 e. The zero-order chi connectivity index (χ0) is 23.9. The average Bonchev–Trinajstić information content (AvgIpc) is 2.77. The number of hydrogen-bond acceptors (Lipinski definition) is 4. The summed E-state index contributed by atoms with van der Waals surface area (Å²) in [6.07, 6.45) is 19.5. The number of nitrogens with two attached hydrogens (primary N) is 1. The van der Waals surface area contributed by atoms with Crippen molar-refractivity contribution in [1.82, 2.24) is 5.43 Å². The van der Waals surface area contributed by atoms with Gasteiger partial charge in [0.25, 0.3) is 0 Å². The molecule has 0 amide bonds. The minimum absolute atomic E-state index is 0.158. The number of allylic oxidation sites excluding steroid dienone is 8. The molecule has 0 aliphatic rings. The van der Waals surface area contributed by atoms with E-state index in [0.29, 0.717) is 28.7 Å². The fourth-order valence-electron chi connectivity index (χ4n) is 2.80. The van der Waals surface area contributed by atoms with Crippen LogP contribution in [0.25, 0.3) is 6.08 Å². The van der Waals surface area contributed by atoms with Crippen LogP contribution in [0, 0.1) is 11.3 Å². The van der Waals surface area contributed by atoms with Gasteiger partial charge in [-0.05, 0) is 50.1 Å². The van der Waals surface area contributed by atoms with Gasteiger partial charge in [0.1, 0.15) is 11.8 Å². The van der Waals surface area contributed by atoms with E-state index >= 15 is 0 Å². The Morgan fingerprint density at radius 1 is 1.06 bits per heavy atom. The Morgan fingerprint density at radius 2 is 1.72 bits per heavy atom. The molecule has 0 aliphatic carbocycles. The monoisotopic (exact) mass is 468 g/mol. The van der Waals surface area contributed by atoms with E-state index in [1.54, 1.807) is 0 Å². The highest BCUT2D eigenvalue weighted by molar-refractivity contribution is 6.37. The molecular formula is C26H30Cl2N4. The second kappa shape index (κ2) is 14.9. The molecule has 0 aliphatic heterocycles. The molecule has 0 radical (unpaired) electrons. The second-order valence-electron chi connectivity index (χ2n) is 6.80. The summed E-state index contributed by atoms with van der Waals surface area (Å²) in [6, 6.07) is 5.61. The molecule has 0 unspecified atom stereocenters. The number of nitrogens with one attached hydrogen (secondary N) is 1. The van der Waals surface area contributed by atoms with Crippen LogP contribution in [0.5, 0.6) is 0 Å². The fourth-order valence-corrected chi connectivity index (χ4v) is 3.38. The van der Waals surface area contributed by atoms with Crippen molar-refractivity contribution in [3.63, 3.8) is 0 Å². The van der Waals surface area contributed by atoms with Gasteiger partial charge in [-0.2, -0.15) is 5.26 Å². The molecular weight excluding hydrogens is 439 g/mol. The first kappa shape index (κ1) is 27.1. The first-order valence-electron chi connectivity index (χ1n) is 10.1. The lowest BCUT2D eigenvalue weighted by atomic mass is 10.1. The Kier molecular flexibility index (Phi) is 12.6. The van der Waals surface area contributed by atoms with Gasteiger partial charge in [-0.3, -0.25) is 0 Å². The summed E-state index contributed by atoms with van der Waals surface area (Å²) in [5.74, 6) is 5.36. The summed E-state index contributed by atoms with van der Waals surface area (Å²) in [7, 11) is 0. The van der Waals surface area contributed by atoms with Gasteiger partial charge in [0.05, 0.1) is 10.0 Å². The van der Waals surface area contributed by atoms with Crippen molar-refractivity contribution in [2.75, 3.05) is 18.0 Å². The Hall–Kier alpha value is -2.97. The number of halogens is 2. The third kappa shape index (κ3) is 9.03. The van der Waals surface area contributed by atoms with Crippen molar-refractivity contribution in [3.05, 3.63) is 106 Å². The topological polar surface area (TPSA) is 65.1 Å². The largest absolute Gasteiger partial charge is 0.363 e. The van der Waals surface area contributed by atoms with Crippen LogP contribution in [0.3, 0.4) is 0 Å². The van der Waals surface area contributed by atoms with Gasteiger partial charge in [-0.25, -0.2) is 5.84 Å². The van der Waals surface area contributed by atoms with Crippen molar-refractivity contribution in [2.45, 2.75) is 20.8 Å². The SMILES string of the molecule is C=C(/C=C\C=C/C)CN(CC(/C=C\C)=C/C=C\C)c1cc(Cl)c(/C=C(\C#N)NN)c(Cl)c1. The predicted molar refractivity (Wildman–Crippen MR) is 140 cm³/mol. The third-order valence-electron chi connectivity index (χ3n) is 4.28. The lowest BCUT2D eigenvalue weighted by Crippen LogP contribution is -2.27. The second-order valence-corrected chi connectivity index (χ2v) is 7.62. The quantitative estimate of drug-likeness (QED) is 0.160. The zero-order valence-electron chi connectivity index (χ0n) is 18.8. The van der Waals surface area contributed by atoms with Crippen LogP contribution in [-0.4, -0.2) is 13.1 Å². The van der Waals surface area contributed by atoms with E-state index in [1.807, 2.05) is 81.5 Å². The standard InChI is InChI=1S/C26H30Cl2N4/c1-5-8-10-12-20(4)18-32(19-21(11-7-3)13-9-6-2)23-15-25(27)24(26(28)16-23)14-22(17-29)31-30/h5-16,31H,4,18-19,30H2,1-3H3/b8-5-,9-6-,11-7-,12-10-,21-13+,22-14+. The van der Waals surface area contributed by atoms with Crippen molar-refractivity contribution in [2.24, 2.45) is 5.84 Å². The number of benzene rings is 1. The van der Waals surface area contributed by atoms with Gasteiger partial charge in [0.15, 0.2) is 0 Å². The average molecular weight is 469 g/mol. The van der Waals surface area contributed by atoms with E-state index in [9.17, 15) is 0 Å². The minimum Gasteiger partial charge on any atom is -0.363 e. The molecule has 4 nitrogen and oxygen atoms in total. The molecule has 3 N–H and O–H groups in total. The van der Waals surface area contributed by atoms with Gasteiger partial charge in [0, 0.05) is 24.3 Å². The molecule has 6 heteroatoms. The van der Waals surface area contributed by atoms with E-state index in [-0.39, 0.29) is 5.70 Å². The van der Waals surface area contributed by atoms with E-state index in [4.69, 9.17) is 34.3 Å². The molecule has 0 heterocycles. The van der Waals surface area contributed by atoms with Crippen molar-refractivity contribution < 1.29 is 0 Å². The van der Waals surface area contributed by atoms with Crippen LogP contribution >= 0.6 is 23.2 Å². The van der Waals surface area contributed by atoms with Crippen LogP contribution in [0.4, 0.5) is 5.69 Å². The number of hydrazine groups is 1. The van der Waals surface area contributed by atoms with Crippen LogP contribution in [0.2, 0.25) is 10.0 Å². The Balaban J connectivity index is 3.44. The van der Waals surface area contributed by atoms with Gasteiger partial charge in [-0.1, -0.05) is 84.5 Å². The molecule has 0 saturated carbocycles. The summed E-state index contributed by atoms with van der Waals surface area (Å²) in [4.78, 5) is 2.15. The van der Waals surface area contributed by atoms with Crippen LogP contribution < -0.4 is 16.2 Å². The summed E-state index contributed by atoms with van der Waals surface area (Å²) in [5, 5.41) is 9.96. The summed E-state index contributed by atoms with van der Waals surface area (Å²) in [6.45, 7) is 11.3. The smallest absolute Gasteiger partial charge is 0.128 e. The Morgan fingerprint density at radius 3 is 2.25 bits per heavy atom. The zero-order valence-corrected chi connectivity index (χ0v) is 20.3. The highest BCUT2D eigenvalue weighted by atomic mass is 35.5. The Bertz CT molecular complexity index is 982. The van der Waals surface area contributed by atoms with Crippen molar-refractivity contribution in [1.29, 1.82) is 5.26 Å². The molecule has 1 aromatic rings. The van der Waals surface area contributed by atoms with Crippen LogP contribution in [-0.2, 0) is 0 Å². The summed E-state index contributed by atoms with van der Waals surface area (Å²) in [5.41, 5.74) is 5.90. The van der Waals surface area contributed by atoms with Gasteiger partial charge < -0.3 is 10.3 Å². The van der Waals surface area contributed by atoms with Gasteiger partial charge in [-0.15, -0.1) is 0 Å². The first-order valence-corrected chi connectivity index (χ1v) is 10.9. The van der Waals surface area contributed by atoms with Crippen molar-refractivity contribution in [3.8, 4) is 6.07 Å². The number of nitrogens with zero attached hydrogens (tertiary/aromatic N) is 2. The molecule has 0 spiro atoms. The van der Waals surface area contributed by atoms with Crippen LogP contribution in [0.15, 0.2) is 90.2 Å². The minimum atomic E-state index is 0.158. The number of rotatable bonds is 11. The predicted octanol–water partition coefficient (Wildman–Crippen LogP) is 6.89. The van der Waals surface area contributed by atoms with Crippen molar-refractivity contribution >= 4 is 35.0 Å². The normalized spacial score (nSPS) is 12.9. The number of nitriles is 1. The molecule has 0 aromatic heterocycles. The van der Waals surface area contributed by atoms with Gasteiger partial charge >= 0.3 is 0 Å². The number of hydrogen-bond donors (Lipinski definition) is 2. The number of anilines is 1. The molecule has 0 saturated heterocycles. The van der Waals surface area contributed by atoms with E-state index < -0.39 is 0 Å².